The lowest BCUT2D eigenvalue weighted by Crippen LogP contribution is -2.15. The van der Waals surface area contributed by atoms with Gasteiger partial charge < -0.3 is 9.47 Å². The molecule has 2 rings (SSSR count). The molecule has 1 aliphatic heterocycles. The third-order valence-electron chi connectivity index (χ3n) is 2.73. The van der Waals surface area contributed by atoms with Crippen molar-refractivity contribution in [2.45, 2.75) is 6.42 Å². The molecular formula is C12H13BrO3. The summed E-state index contributed by atoms with van der Waals surface area (Å²) in [6, 6.07) is 5.46. The van der Waals surface area contributed by atoms with E-state index in [1.54, 1.807) is 13.2 Å². The Morgan fingerprint density at radius 3 is 3.00 bits per heavy atom. The van der Waals surface area contributed by atoms with E-state index in [0.29, 0.717) is 24.5 Å². The molecule has 1 aliphatic rings. The zero-order valence-electron chi connectivity index (χ0n) is 9.03. The number of benzene rings is 1. The number of Topliss-reactive ketones (excluding diaryl/α,β-unsaturated/α-hetero) is 1. The Labute approximate surface area is 103 Å². The summed E-state index contributed by atoms with van der Waals surface area (Å²) in [7, 11) is 1.57. The third kappa shape index (κ3) is 2.28. The molecule has 0 bridgehead atoms. The molecule has 3 nitrogen and oxygen atoms in total. The minimum atomic E-state index is -0.0184. The van der Waals surface area contributed by atoms with Gasteiger partial charge in [0.15, 0.2) is 5.78 Å². The molecule has 1 aromatic rings. The van der Waals surface area contributed by atoms with Crippen molar-refractivity contribution in [3.8, 4) is 5.75 Å². The van der Waals surface area contributed by atoms with Crippen LogP contribution in [0.15, 0.2) is 22.7 Å². The molecule has 1 atom stereocenters. The summed E-state index contributed by atoms with van der Waals surface area (Å²) in [4.78, 5) is 12.2. The Morgan fingerprint density at radius 2 is 2.38 bits per heavy atom. The van der Waals surface area contributed by atoms with Gasteiger partial charge in [0.2, 0.25) is 0 Å². The molecule has 86 valence electrons. The minimum absolute atomic E-state index is 0.0184. The maximum absolute atomic E-state index is 12.2. The molecule has 0 aliphatic carbocycles. The molecule has 0 spiro atoms. The second-order valence-electron chi connectivity index (χ2n) is 3.77. The first kappa shape index (κ1) is 11.6. The predicted molar refractivity (Wildman–Crippen MR) is 64.0 cm³/mol. The summed E-state index contributed by atoms with van der Waals surface area (Å²) >= 11 is 3.35. The lowest BCUT2D eigenvalue weighted by Gasteiger charge is -2.11. The van der Waals surface area contributed by atoms with Crippen molar-refractivity contribution in [1.82, 2.24) is 0 Å². The zero-order chi connectivity index (χ0) is 11.5. The van der Waals surface area contributed by atoms with Crippen LogP contribution < -0.4 is 4.74 Å². The highest BCUT2D eigenvalue weighted by Crippen LogP contribution is 2.28. The monoisotopic (exact) mass is 284 g/mol. The van der Waals surface area contributed by atoms with E-state index in [4.69, 9.17) is 9.47 Å². The van der Waals surface area contributed by atoms with E-state index in [9.17, 15) is 4.79 Å². The zero-order valence-corrected chi connectivity index (χ0v) is 10.6. The van der Waals surface area contributed by atoms with Crippen molar-refractivity contribution in [1.29, 1.82) is 0 Å². The molecule has 1 heterocycles. The maximum atomic E-state index is 12.2. The Hall–Kier alpha value is -0.870. The van der Waals surface area contributed by atoms with Crippen LogP contribution in [0.1, 0.15) is 16.8 Å². The van der Waals surface area contributed by atoms with Crippen molar-refractivity contribution in [3.05, 3.63) is 28.2 Å². The van der Waals surface area contributed by atoms with Crippen LogP contribution in [-0.2, 0) is 4.74 Å². The number of ether oxygens (including phenoxy) is 2. The van der Waals surface area contributed by atoms with Crippen LogP contribution in [0.25, 0.3) is 0 Å². The van der Waals surface area contributed by atoms with Crippen molar-refractivity contribution < 1.29 is 14.3 Å². The molecule has 1 unspecified atom stereocenters. The molecule has 0 amide bonds. The Balaban J connectivity index is 2.28. The third-order valence-corrected chi connectivity index (χ3v) is 3.22. The van der Waals surface area contributed by atoms with Gasteiger partial charge in [0.05, 0.1) is 19.3 Å². The number of methoxy groups -OCH3 is 1. The predicted octanol–water partition coefficient (Wildman–Crippen LogP) is 2.68. The number of hydrogen-bond acceptors (Lipinski definition) is 3. The average Bonchev–Trinajstić information content (AvgIpc) is 2.81. The van der Waals surface area contributed by atoms with Crippen LogP contribution in [0.5, 0.6) is 5.75 Å². The van der Waals surface area contributed by atoms with Crippen LogP contribution in [0.3, 0.4) is 0 Å². The van der Waals surface area contributed by atoms with Crippen molar-refractivity contribution in [3.63, 3.8) is 0 Å². The lowest BCUT2D eigenvalue weighted by atomic mass is 9.96. The molecule has 0 radical (unpaired) electrons. The van der Waals surface area contributed by atoms with Gasteiger partial charge in [-0.2, -0.15) is 0 Å². The van der Waals surface area contributed by atoms with Crippen molar-refractivity contribution in [2.24, 2.45) is 5.92 Å². The second kappa shape index (κ2) is 4.97. The van der Waals surface area contributed by atoms with Crippen LogP contribution in [0.2, 0.25) is 0 Å². The Kier molecular flexibility index (Phi) is 3.61. The fraction of sp³-hybridized carbons (Fsp3) is 0.417. The second-order valence-corrected chi connectivity index (χ2v) is 4.69. The molecule has 16 heavy (non-hydrogen) atoms. The number of rotatable bonds is 3. The molecule has 0 saturated carbocycles. The molecule has 1 fully saturated rings. The van der Waals surface area contributed by atoms with Gasteiger partial charge in [-0.3, -0.25) is 4.79 Å². The van der Waals surface area contributed by atoms with Crippen molar-refractivity contribution in [2.75, 3.05) is 20.3 Å². The topological polar surface area (TPSA) is 35.5 Å². The number of halogens is 1. The van der Waals surface area contributed by atoms with E-state index in [1.165, 1.54) is 0 Å². The van der Waals surface area contributed by atoms with Crippen LogP contribution in [-0.4, -0.2) is 26.1 Å². The van der Waals surface area contributed by atoms with Gasteiger partial charge in [0.1, 0.15) is 5.75 Å². The standard InChI is InChI=1S/C12H13BrO3/c1-15-11-6-9(13)2-3-10(11)12(14)8-4-5-16-7-8/h2-3,6,8H,4-5,7H2,1H3. The van der Waals surface area contributed by atoms with Gasteiger partial charge in [-0.05, 0) is 24.6 Å². The molecule has 4 heteroatoms. The highest BCUT2D eigenvalue weighted by Gasteiger charge is 2.26. The van der Waals surface area contributed by atoms with Crippen molar-refractivity contribution >= 4 is 21.7 Å². The van der Waals surface area contributed by atoms with Crippen LogP contribution >= 0.6 is 15.9 Å². The normalized spacial score (nSPS) is 19.8. The van der Waals surface area contributed by atoms with Crippen LogP contribution in [0, 0.1) is 5.92 Å². The fourth-order valence-corrected chi connectivity index (χ4v) is 2.17. The first-order chi connectivity index (χ1) is 7.72. The van der Waals surface area contributed by atoms with E-state index in [1.807, 2.05) is 12.1 Å². The number of carbonyl (C=O) groups excluding carboxylic acids is 1. The van der Waals surface area contributed by atoms with E-state index < -0.39 is 0 Å². The first-order valence-corrected chi connectivity index (χ1v) is 5.97. The summed E-state index contributed by atoms with van der Waals surface area (Å²) in [5.74, 6) is 0.711. The lowest BCUT2D eigenvalue weighted by molar-refractivity contribution is 0.0897. The van der Waals surface area contributed by atoms with E-state index in [-0.39, 0.29) is 11.7 Å². The Bertz CT molecular complexity index is 397. The molecule has 1 aromatic carbocycles. The maximum Gasteiger partial charge on any atom is 0.172 e. The van der Waals surface area contributed by atoms with Gasteiger partial charge >= 0.3 is 0 Å². The summed E-state index contributed by atoms with van der Waals surface area (Å²) in [5, 5.41) is 0. The molecular weight excluding hydrogens is 272 g/mol. The van der Waals surface area contributed by atoms with E-state index >= 15 is 0 Å². The van der Waals surface area contributed by atoms with E-state index in [0.717, 1.165) is 10.9 Å². The fourth-order valence-electron chi connectivity index (χ4n) is 1.83. The number of hydrogen-bond donors (Lipinski definition) is 0. The smallest absolute Gasteiger partial charge is 0.172 e. The largest absolute Gasteiger partial charge is 0.496 e. The highest BCUT2D eigenvalue weighted by molar-refractivity contribution is 9.10. The minimum Gasteiger partial charge on any atom is -0.496 e. The molecule has 0 N–H and O–H groups in total. The summed E-state index contributed by atoms with van der Waals surface area (Å²) in [5.41, 5.74) is 0.640. The summed E-state index contributed by atoms with van der Waals surface area (Å²) in [6.45, 7) is 1.20. The van der Waals surface area contributed by atoms with Gasteiger partial charge in [0.25, 0.3) is 0 Å². The quantitative estimate of drug-likeness (QED) is 0.801. The SMILES string of the molecule is COc1cc(Br)ccc1C(=O)C1CCOC1. The summed E-state index contributed by atoms with van der Waals surface area (Å²) in [6.07, 6.45) is 0.804. The number of carbonyl (C=O) groups is 1. The van der Waals surface area contributed by atoms with Gasteiger partial charge in [-0.15, -0.1) is 0 Å². The first-order valence-electron chi connectivity index (χ1n) is 5.18. The van der Waals surface area contributed by atoms with Crippen LogP contribution in [0.4, 0.5) is 0 Å². The average molecular weight is 285 g/mol. The van der Waals surface area contributed by atoms with Gasteiger partial charge in [-0.25, -0.2) is 0 Å². The van der Waals surface area contributed by atoms with Gasteiger partial charge in [0, 0.05) is 17.0 Å². The van der Waals surface area contributed by atoms with E-state index in [2.05, 4.69) is 15.9 Å². The highest BCUT2D eigenvalue weighted by atomic mass is 79.9. The van der Waals surface area contributed by atoms with Gasteiger partial charge in [-0.1, -0.05) is 15.9 Å². The Morgan fingerprint density at radius 1 is 1.56 bits per heavy atom. The molecule has 0 aromatic heterocycles. The number of ketones is 1. The molecule has 1 saturated heterocycles. The summed E-state index contributed by atoms with van der Waals surface area (Å²) < 4.78 is 11.3.